The number of hydrogen-bond donors (Lipinski definition) is 1. The second-order valence-electron chi connectivity index (χ2n) is 7.09. The average molecular weight is 444 g/mol. The summed E-state index contributed by atoms with van der Waals surface area (Å²) >= 11 is 0. The van der Waals surface area contributed by atoms with Crippen molar-refractivity contribution in [2.24, 2.45) is 0 Å². The Labute approximate surface area is 182 Å². The Morgan fingerprint density at radius 2 is 1.81 bits per heavy atom. The van der Waals surface area contributed by atoms with Crippen LogP contribution in [0.15, 0.2) is 47.4 Å². The first-order valence-corrected chi connectivity index (χ1v) is 11.1. The van der Waals surface area contributed by atoms with Crippen molar-refractivity contribution < 1.29 is 22.7 Å². The van der Waals surface area contributed by atoms with E-state index in [0.717, 1.165) is 16.7 Å². The molecule has 31 heavy (non-hydrogen) atoms. The van der Waals surface area contributed by atoms with Crippen LogP contribution in [0, 0.1) is 25.2 Å². The molecule has 0 bridgehead atoms. The molecular formula is C22H25N3O5S. The van der Waals surface area contributed by atoms with Crippen LogP contribution in [0.2, 0.25) is 0 Å². The number of likely N-dealkylation sites (N-methyl/N-ethyl adjacent to an activating group) is 1. The van der Waals surface area contributed by atoms with Crippen LogP contribution in [0.5, 0.6) is 0 Å². The molecule has 0 aliphatic heterocycles. The van der Waals surface area contributed by atoms with E-state index in [1.807, 2.05) is 38.1 Å². The number of amides is 1. The van der Waals surface area contributed by atoms with Crippen molar-refractivity contribution in [3.63, 3.8) is 0 Å². The lowest BCUT2D eigenvalue weighted by Crippen LogP contribution is -2.31. The van der Waals surface area contributed by atoms with Crippen molar-refractivity contribution in [1.82, 2.24) is 9.62 Å². The zero-order valence-corrected chi connectivity index (χ0v) is 18.5. The quantitative estimate of drug-likeness (QED) is 0.470. The molecule has 2 aromatic rings. The van der Waals surface area contributed by atoms with Gasteiger partial charge in [-0.25, -0.2) is 17.9 Å². The highest BCUT2D eigenvalue weighted by Crippen LogP contribution is 2.14. The molecule has 9 heteroatoms. The smallest absolute Gasteiger partial charge is 0.338 e. The lowest BCUT2D eigenvalue weighted by molar-refractivity contribution is -0.133. The summed E-state index contributed by atoms with van der Waals surface area (Å²) in [6, 6.07) is 13.0. The van der Waals surface area contributed by atoms with E-state index in [2.05, 4.69) is 4.72 Å². The van der Waals surface area contributed by atoms with Gasteiger partial charge >= 0.3 is 5.97 Å². The van der Waals surface area contributed by atoms with Gasteiger partial charge < -0.3 is 9.64 Å². The normalized spacial score (nSPS) is 10.9. The van der Waals surface area contributed by atoms with Gasteiger partial charge in [0.05, 0.1) is 16.5 Å². The second-order valence-corrected chi connectivity index (χ2v) is 8.85. The Hall–Kier alpha value is -3.22. The van der Waals surface area contributed by atoms with Crippen LogP contribution >= 0.6 is 0 Å². The topological polar surface area (TPSA) is 117 Å². The predicted molar refractivity (Wildman–Crippen MR) is 115 cm³/mol. The van der Waals surface area contributed by atoms with E-state index >= 15 is 0 Å². The lowest BCUT2D eigenvalue weighted by atomic mass is 10.1. The number of nitriles is 1. The van der Waals surface area contributed by atoms with Crippen molar-refractivity contribution in [2.45, 2.75) is 31.7 Å². The summed E-state index contributed by atoms with van der Waals surface area (Å²) in [7, 11) is -2.13. The Morgan fingerprint density at radius 3 is 2.42 bits per heavy atom. The number of esters is 1. The van der Waals surface area contributed by atoms with E-state index < -0.39 is 22.6 Å². The van der Waals surface area contributed by atoms with Gasteiger partial charge in [0.2, 0.25) is 10.0 Å². The number of hydrogen-bond acceptors (Lipinski definition) is 6. The number of aryl methyl sites for hydroxylation is 2. The first kappa shape index (κ1) is 24.1. The molecule has 0 saturated heterocycles. The van der Waals surface area contributed by atoms with Gasteiger partial charge in [0.25, 0.3) is 5.91 Å². The molecule has 0 heterocycles. The van der Waals surface area contributed by atoms with Crippen LogP contribution in [-0.2, 0) is 26.1 Å². The third-order valence-electron chi connectivity index (χ3n) is 4.59. The molecule has 0 unspecified atom stereocenters. The van der Waals surface area contributed by atoms with E-state index in [0.29, 0.717) is 6.54 Å². The summed E-state index contributed by atoms with van der Waals surface area (Å²) in [6.45, 7) is 3.95. The molecule has 8 nitrogen and oxygen atoms in total. The minimum absolute atomic E-state index is 0.000366. The summed E-state index contributed by atoms with van der Waals surface area (Å²) in [4.78, 5) is 26.0. The Morgan fingerprint density at radius 1 is 1.13 bits per heavy atom. The van der Waals surface area contributed by atoms with Gasteiger partial charge in [-0.15, -0.1) is 0 Å². The van der Waals surface area contributed by atoms with E-state index in [1.165, 1.54) is 29.2 Å². The molecule has 2 rings (SSSR count). The molecule has 0 atom stereocenters. The molecule has 0 aliphatic carbocycles. The number of sulfonamides is 1. The van der Waals surface area contributed by atoms with Crippen LogP contribution in [0.3, 0.4) is 0 Å². The van der Waals surface area contributed by atoms with E-state index in [9.17, 15) is 18.0 Å². The highest BCUT2D eigenvalue weighted by atomic mass is 32.2. The molecular weight excluding hydrogens is 418 g/mol. The maximum absolute atomic E-state index is 12.3. The molecule has 0 saturated carbocycles. The summed E-state index contributed by atoms with van der Waals surface area (Å²) in [5.41, 5.74) is 3.35. The molecule has 1 N–H and O–H groups in total. The van der Waals surface area contributed by atoms with Crippen molar-refractivity contribution in [3.05, 3.63) is 64.7 Å². The molecule has 0 aromatic heterocycles. The van der Waals surface area contributed by atoms with Crippen LogP contribution < -0.4 is 4.72 Å². The van der Waals surface area contributed by atoms with Crippen molar-refractivity contribution in [2.75, 3.05) is 20.2 Å². The summed E-state index contributed by atoms with van der Waals surface area (Å²) in [5, 5.41) is 8.49. The molecule has 0 spiro atoms. The highest BCUT2D eigenvalue weighted by Gasteiger charge is 2.17. The number of carbonyl (C=O) groups excluding carboxylic acids is 2. The maximum atomic E-state index is 12.3. The van der Waals surface area contributed by atoms with Crippen LogP contribution in [0.4, 0.5) is 0 Å². The van der Waals surface area contributed by atoms with Gasteiger partial charge in [0, 0.05) is 26.6 Å². The van der Waals surface area contributed by atoms with Crippen molar-refractivity contribution in [1.29, 1.82) is 5.26 Å². The van der Waals surface area contributed by atoms with Gasteiger partial charge in [-0.2, -0.15) is 5.26 Å². The average Bonchev–Trinajstić information content (AvgIpc) is 2.73. The SMILES string of the molecule is Cc1ccc(CN(C)C(=O)COC(=O)c2ccc(S(=O)(=O)NCCC#N)cc2)c(C)c1. The molecule has 0 aliphatic rings. The Balaban J connectivity index is 1.91. The summed E-state index contributed by atoms with van der Waals surface area (Å²) in [5.74, 6) is -1.08. The molecule has 2 aromatic carbocycles. The van der Waals surface area contributed by atoms with Gasteiger partial charge in [-0.1, -0.05) is 23.8 Å². The number of benzene rings is 2. The van der Waals surface area contributed by atoms with Gasteiger partial charge in [-0.05, 0) is 49.2 Å². The molecule has 0 radical (unpaired) electrons. The Bertz CT molecular complexity index is 1090. The minimum Gasteiger partial charge on any atom is -0.452 e. The molecule has 1 amide bonds. The first-order chi connectivity index (χ1) is 14.6. The predicted octanol–water partition coefficient (Wildman–Crippen LogP) is 2.31. The largest absolute Gasteiger partial charge is 0.452 e. The Kier molecular flexibility index (Phi) is 8.30. The fraction of sp³-hybridized carbons (Fsp3) is 0.318. The van der Waals surface area contributed by atoms with Crippen LogP contribution in [-0.4, -0.2) is 45.4 Å². The first-order valence-electron chi connectivity index (χ1n) is 9.58. The standard InChI is InChI=1S/C22H25N3O5S/c1-16-5-6-19(17(2)13-16)14-25(3)21(26)15-30-22(27)18-7-9-20(10-8-18)31(28,29)24-12-4-11-23/h5-10,13,24H,4,12,14-15H2,1-3H3. The number of nitrogens with zero attached hydrogens (tertiary/aromatic N) is 2. The minimum atomic E-state index is -3.76. The highest BCUT2D eigenvalue weighted by molar-refractivity contribution is 7.89. The summed E-state index contributed by atoms with van der Waals surface area (Å²) in [6.07, 6.45) is 0.0512. The van der Waals surface area contributed by atoms with Gasteiger partial charge in [-0.3, -0.25) is 4.79 Å². The summed E-state index contributed by atoms with van der Waals surface area (Å²) < 4.78 is 31.5. The van der Waals surface area contributed by atoms with Crippen LogP contribution in [0.25, 0.3) is 0 Å². The molecule has 0 fully saturated rings. The van der Waals surface area contributed by atoms with Crippen LogP contribution in [0.1, 0.15) is 33.5 Å². The van der Waals surface area contributed by atoms with Crippen molar-refractivity contribution >= 4 is 21.9 Å². The fourth-order valence-corrected chi connectivity index (χ4v) is 3.81. The zero-order chi connectivity index (χ0) is 23.0. The number of nitrogens with one attached hydrogen (secondary N) is 1. The van der Waals surface area contributed by atoms with E-state index in [4.69, 9.17) is 10.00 Å². The van der Waals surface area contributed by atoms with Gasteiger partial charge in [0.1, 0.15) is 0 Å². The van der Waals surface area contributed by atoms with Gasteiger partial charge in [0.15, 0.2) is 6.61 Å². The van der Waals surface area contributed by atoms with E-state index in [1.54, 1.807) is 7.05 Å². The lowest BCUT2D eigenvalue weighted by Gasteiger charge is -2.18. The fourth-order valence-electron chi connectivity index (χ4n) is 2.78. The number of carbonyl (C=O) groups is 2. The maximum Gasteiger partial charge on any atom is 0.338 e. The number of ether oxygens (including phenoxy) is 1. The van der Waals surface area contributed by atoms with Crippen molar-refractivity contribution in [3.8, 4) is 6.07 Å². The second kappa shape index (κ2) is 10.7. The number of rotatable bonds is 9. The zero-order valence-electron chi connectivity index (χ0n) is 17.7. The third-order valence-corrected chi connectivity index (χ3v) is 6.06. The molecule has 164 valence electrons. The third kappa shape index (κ3) is 6.91. The monoisotopic (exact) mass is 443 g/mol. The van der Waals surface area contributed by atoms with E-state index in [-0.39, 0.29) is 29.3 Å².